The summed E-state index contributed by atoms with van der Waals surface area (Å²) in [5, 5.41) is 12.4. The zero-order valence-corrected chi connectivity index (χ0v) is 17.0. The summed E-state index contributed by atoms with van der Waals surface area (Å²) in [5.74, 6) is 0.693. The summed E-state index contributed by atoms with van der Waals surface area (Å²) in [6.07, 6.45) is 0. The summed E-state index contributed by atoms with van der Waals surface area (Å²) >= 11 is 2.87. The summed E-state index contributed by atoms with van der Waals surface area (Å²) in [6.45, 7) is 7.83. The van der Waals surface area contributed by atoms with Gasteiger partial charge in [-0.3, -0.25) is 4.79 Å². The van der Waals surface area contributed by atoms with Crippen LogP contribution in [0.5, 0.6) is 0 Å². The van der Waals surface area contributed by atoms with E-state index in [4.69, 9.17) is 0 Å². The third-order valence-corrected chi connectivity index (χ3v) is 6.14. The summed E-state index contributed by atoms with van der Waals surface area (Å²) in [5.41, 5.74) is 3.13. The van der Waals surface area contributed by atoms with Gasteiger partial charge in [0, 0.05) is 17.5 Å². The van der Waals surface area contributed by atoms with E-state index in [-0.39, 0.29) is 11.2 Å². The van der Waals surface area contributed by atoms with Gasteiger partial charge in [-0.1, -0.05) is 35.5 Å². The topological polar surface area (TPSA) is 72.7 Å². The van der Waals surface area contributed by atoms with Gasteiger partial charge in [-0.2, -0.15) is 0 Å². The molecule has 0 aliphatic carbocycles. The highest BCUT2D eigenvalue weighted by molar-refractivity contribution is 8.00. The number of carbonyl (C=O) groups excluding carboxylic acids is 1. The molecule has 0 aliphatic heterocycles. The monoisotopic (exact) mass is 387 g/mol. The zero-order valence-electron chi connectivity index (χ0n) is 15.4. The van der Waals surface area contributed by atoms with Crippen molar-refractivity contribution in [2.45, 2.75) is 38.1 Å². The molecule has 6 nitrogen and oxygen atoms in total. The smallest absolute Gasteiger partial charge is 0.239 e. The first kappa shape index (κ1) is 18.6. The van der Waals surface area contributed by atoms with E-state index in [1.807, 2.05) is 57.5 Å². The van der Waals surface area contributed by atoms with Gasteiger partial charge in [-0.05, 0) is 33.8 Å². The third kappa shape index (κ3) is 3.96. The Morgan fingerprint density at radius 1 is 1.27 bits per heavy atom. The number of nitrogens with one attached hydrogen (secondary N) is 1. The minimum Gasteiger partial charge on any atom is -0.305 e. The molecule has 0 saturated carbocycles. The van der Waals surface area contributed by atoms with Crippen molar-refractivity contribution in [2.75, 3.05) is 5.32 Å². The first-order valence-corrected chi connectivity index (χ1v) is 9.92. The molecule has 0 bridgehead atoms. The molecular weight excluding hydrogens is 366 g/mol. The molecule has 26 heavy (non-hydrogen) atoms. The number of aromatic nitrogens is 4. The van der Waals surface area contributed by atoms with Crippen molar-refractivity contribution in [1.29, 1.82) is 0 Å². The van der Waals surface area contributed by atoms with Gasteiger partial charge in [-0.25, -0.2) is 4.98 Å². The normalized spacial score (nSPS) is 12.2. The second kappa shape index (κ2) is 7.59. The molecule has 1 atom stereocenters. The molecule has 3 aromatic rings. The Morgan fingerprint density at radius 2 is 2.04 bits per heavy atom. The number of nitrogens with zero attached hydrogens (tertiary/aromatic N) is 4. The Balaban J connectivity index is 1.71. The molecule has 1 N–H and O–H groups in total. The Kier molecular flexibility index (Phi) is 5.43. The van der Waals surface area contributed by atoms with E-state index in [0.29, 0.717) is 10.3 Å². The highest BCUT2D eigenvalue weighted by Gasteiger charge is 2.20. The molecule has 8 heteroatoms. The van der Waals surface area contributed by atoms with Crippen LogP contribution in [0.4, 0.5) is 5.13 Å². The predicted molar refractivity (Wildman–Crippen MR) is 107 cm³/mol. The van der Waals surface area contributed by atoms with Gasteiger partial charge in [0.25, 0.3) is 0 Å². The first-order valence-electron chi connectivity index (χ1n) is 8.23. The maximum absolute atomic E-state index is 12.4. The van der Waals surface area contributed by atoms with Crippen LogP contribution in [0.2, 0.25) is 0 Å². The summed E-state index contributed by atoms with van der Waals surface area (Å²) in [4.78, 5) is 17.9. The van der Waals surface area contributed by atoms with Gasteiger partial charge in [-0.15, -0.1) is 21.5 Å². The highest BCUT2D eigenvalue weighted by Crippen LogP contribution is 2.27. The maximum atomic E-state index is 12.4. The van der Waals surface area contributed by atoms with E-state index in [0.717, 1.165) is 22.0 Å². The maximum Gasteiger partial charge on any atom is 0.239 e. The predicted octanol–water partition coefficient (Wildman–Crippen LogP) is 3.98. The molecule has 2 aromatic heterocycles. The van der Waals surface area contributed by atoms with E-state index in [9.17, 15) is 4.79 Å². The lowest BCUT2D eigenvalue weighted by Gasteiger charge is -2.10. The van der Waals surface area contributed by atoms with Crippen molar-refractivity contribution < 1.29 is 4.79 Å². The number of hydrogen-bond acceptors (Lipinski definition) is 6. The van der Waals surface area contributed by atoms with Crippen molar-refractivity contribution in [1.82, 2.24) is 19.7 Å². The molecule has 0 spiro atoms. The number of carbonyl (C=O) groups is 1. The van der Waals surface area contributed by atoms with Crippen LogP contribution in [0.3, 0.4) is 0 Å². The fourth-order valence-corrected chi connectivity index (χ4v) is 4.03. The van der Waals surface area contributed by atoms with Crippen molar-refractivity contribution in [3.05, 3.63) is 40.4 Å². The second-order valence-corrected chi connectivity index (χ2v) is 8.66. The van der Waals surface area contributed by atoms with Crippen LogP contribution in [0.1, 0.15) is 23.1 Å². The lowest BCUT2D eigenvalue weighted by atomic mass is 10.1. The van der Waals surface area contributed by atoms with Crippen LogP contribution >= 0.6 is 23.1 Å². The number of benzene rings is 1. The summed E-state index contributed by atoms with van der Waals surface area (Å²) in [6, 6.07) is 8.13. The van der Waals surface area contributed by atoms with Crippen LogP contribution in [-0.2, 0) is 11.8 Å². The van der Waals surface area contributed by atoms with Gasteiger partial charge in [0.15, 0.2) is 16.1 Å². The fourth-order valence-electron chi connectivity index (χ4n) is 2.40. The van der Waals surface area contributed by atoms with Crippen LogP contribution in [0, 0.1) is 20.8 Å². The minimum atomic E-state index is -0.312. The number of aryl methyl sites for hydroxylation is 3. The Hall–Kier alpha value is -2.19. The molecule has 0 aliphatic rings. The highest BCUT2D eigenvalue weighted by atomic mass is 32.2. The third-order valence-electron chi connectivity index (χ3n) is 4.02. The minimum absolute atomic E-state index is 0.0937. The van der Waals surface area contributed by atoms with Gasteiger partial charge in [0.1, 0.15) is 0 Å². The van der Waals surface area contributed by atoms with Crippen molar-refractivity contribution in [3.8, 4) is 11.4 Å². The largest absolute Gasteiger partial charge is 0.305 e. The van der Waals surface area contributed by atoms with Crippen LogP contribution in [-0.4, -0.2) is 30.9 Å². The van der Waals surface area contributed by atoms with E-state index < -0.39 is 0 Å². The zero-order chi connectivity index (χ0) is 18.8. The quantitative estimate of drug-likeness (QED) is 0.670. The number of thioether (sulfide) groups is 1. The van der Waals surface area contributed by atoms with Gasteiger partial charge in [0.2, 0.25) is 5.91 Å². The number of hydrogen-bond donors (Lipinski definition) is 1. The SMILES string of the molecule is Cc1cccc(-c2nnc(SC(C)C(=O)Nc3nc(C)c(C)s3)n2C)c1. The van der Waals surface area contributed by atoms with Crippen LogP contribution in [0.25, 0.3) is 11.4 Å². The lowest BCUT2D eigenvalue weighted by Crippen LogP contribution is -2.22. The molecule has 1 aromatic carbocycles. The van der Waals surface area contributed by atoms with E-state index >= 15 is 0 Å². The fraction of sp³-hybridized carbons (Fsp3) is 0.333. The molecular formula is C18H21N5OS2. The van der Waals surface area contributed by atoms with Gasteiger partial charge < -0.3 is 9.88 Å². The van der Waals surface area contributed by atoms with E-state index in [2.05, 4.69) is 26.6 Å². The van der Waals surface area contributed by atoms with E-state index in [1.165, 1.54) is 28.7 Å². The summed E-state index contributed by atoms with van der Waals surface area (Å²) < 4.78 is 1.92. The number of rotatable bonds is 5. The van der Waals surface area contributed by atoms with Gasteiger partial charge >= 0.3 is 0 Å². The second-order valence-electron chi connectivity index (χ2n) is 6.14. The Bertz CT molecular complexity index is 927. The molecule has 0 fully saturated rings. The molecule has 136 valence electrons. The molecule has 1 unspecified atom stereocenters. The molecule has 2 heterocycles. The summed E-state index contributed by atoms with van der Waals surface area (Å²) in [7, 11) is 1.91. The van der Waals surface area contributed by atoms with Crippen molar-refractivity contribution in [2.24, 2.45) is 7.05 Å². The van der Waals surface area contributed by atoms with E-state index in [1.54, 1.807) is 0 Å². The Labute approximate surface area is 161 Å². The van der Waals surface area contributed by atoms with Crippen LogP contribution < -0.4 is 5.32 Å². The number of amides is 1. The standard InChI is InChI=1S/C18H21N5OS2/c1-10-7-6-8-14(9-10)15-21-22-18(23(15)5)26-13(4)16(24)20-17-19-11(2)12(3)25-17/h6-9,13H,1-5H3,(H,19,20,24). The molecule has 0 radical (unpaired) electrons. The Morgan fingerprint density at radius 3 is 2.69 bits per heavy atom. The van der Waals surface area contributed by atoms with Gasteiger partial charge in [0.05, 0.1) is 10.9 Å². The molecule has 3 rings (SSSR count). The molecule has 0 saturated heterocycles. The average molecular weight is 388 g/mol. The van der Waals surface area contributed by atoms with Crippen molar-refractivity contribution >= 4 is 34.1 Å². The average Bonchev–Trinajstić information content (AvgIpc) is 3.10. The number of thiazole rings is 1. The lowest BCUT2D eigenvalue weighted by molar-refractivity contribution is -0.115. The number of anilines is 1. The van der Waals surface area contributed by atoms with Crippen molar-refractivity contribution in [3.63, 3.8) is 0 Å². The molecule has 1 amide bonds. The first-order chi connectivity index (χ1) is 12.3. The van der Waals surface area contributed by atoms with Crippen LogP contribution in [0.15, 0.2) is 29.4 Å².